The summed E-state index contributed by atoms with van der Waals surface area (Å²) in [6, 6.07) is 35.1. The van der Waals surface area contributed by atoms with Crippen molar-refractivity contribution in [1.82, 2.24) is 0 Å². The highest BCUT2D eigenvalue weighted by Crippen LogP contribution is 2.69. The van der Waals surface area contributed by atoms with Crippen molar-refractivity contribution in [3.05, 3.63) is 120 Å². The van der Waals surface area contributed by atoms with Crippen molar-refractivity contribution in [1.29, 1.82) is 0 Å². The van der Waals surface area contributed by atoms with Gasteiger partial charge in [-0.05, 0) is 77.2 Å². The van der Waals surface area contributed by atoms with Crippen LogP contribution in [0.1, 0.15) is 74.2 Å². The Morgan fingerprint density at radius 2 is 1.10 bits per heavy atom. The van der Waals surface area contributed by atoms with Crippen molar-refractivity contribution in [2.45, 2.75) is 79.4 Å². The fourth-order valence-electron chi connectivity index (χ4n) is 4.89. The molecule has 0 aliphatic heterocycles. The van der Waals surface area contributed by atoms with Crippen LogP contribution < -0.4 is 0 Å². The topological polar surface area (TPSA) is 46.5 Å². The maximum Gasteiger partial charge on any atom is 0.353 e. The first-order chi connectivity index (χ1) is 19.1. The fraction of sp³-hybridized carbons (Fsp3) is 0.286. The average molecular weight is 541 g/mol. The molecule has 0 atom stereocenters. The first-order valence-electron chi connectivity index (χ1n) is 14.2. The number of phenols is 1. The van der Waals surface area contributed by atoms with Crippen LogP contribution >= 0.6 is 10.3 Å². The number of aryl methyl sites for hydroxylation is 1. The van der Waals surface area contributed by atoms with Crippen LogP contribution in [0, 0.1) is 0 Å². The Bertz CT molecular complexity index is 1250. The molecule has 4 heteroatoms. The molecular formula is C35H40O3S. The summed E-state index contributed by atoms with van der Waals surface area (Å²) in [6.07, 6.45) is 11.5. The van der Waals surface area contributed by atoms with E-state index >= 15 is 0 Å². The van der Waals surface area contributed by atoms with Gasteiger partial charge in [0.1, 0.15) is 11.3 Å². The highest BCUT2D eigenvalue weighted by Gasteiger charge is 2.36. The molecule has 0 bridgehead atoms. The van der Waals surface area contributed by atoms with Crippen LogP contribution in [0.2, 0.25) is 0 Å². The van der Waals surface area contributed by atoms with Crippen LogP contribution in [0.5, 0.6) is 5.75 Å². The molecule has 0 amide bonds. The Kier molecular flexibility index (Phi) is 10.7. The number of benzene rings is 4. The number of unbranched alkanes of at least 4 members (excludes halogenated alkanes) is 7. The minimum absolute atomic E-state index is 0.0855. The van der Waals surface area contributed by atoms with Crippen molar-refractivity contribution in [2.24, 2.45) is 0 Å². The molecular weight excluding hydrogens is 500 g/mol. The zero-order chi connectivity index (χ0) is 27.3. The maximum absolute atomic E-state index is 13.6. The fourth-order valence-corrected chi connectivity index (χ4v) is 7.91. The Morgan fingerprint density at radius 1 is 0.615 bits per heavy atom. The van der Waals surface area contributed by atoms with Gasteiger partial charge in [-0.1, -0.05) is 113 Å². The van der Waals surface area contributed by atoms with Crippen LogP contribution in [0.4, 0.5) is 0 Å². The molecule has 4 aromatic rings. The predicted octanol–water partition coefficient (Wildman–Crippen LogP) is 10.1. The number of carbonyl (C=O) groups is 1. The molecule has 0 fully saturated rings. The summed E-state index contributed by atoms with van der Waals surface area (Å²) in [6.45, 7) is 2.26. The SMILES string of the molecule is CCCCCCCCCCc1ccc(S(OC(=O)c2ccccc2O)(c2ccccc2)c2ccccc2)cc1. The molecule has 0 aliphatic carbocycles. The summed E-state index contributed by atoms with van der Waals surface area (Å²) in [5.74, 6) is -0.628. The van der Waals surface area contributed by atoms with Gasteiger partial charge in [-0.25, -0.2) is 4.79 Å². The monoisotopic (exact) mass is 540 g/mol. The molecule has 4 rings (SSSR count). The van der Waals surface area contributed by atoms with E-state index in [1.165, 1.54) is 63.0 Å². The normalized spacial score (nSPS) is 11.7. The maximum atomic E-state index is 13.6. The molecule has 204 valence electrons. The van der Waals surface area contributed by atoms with Gasteiger partial charge in [0.15, 0.2) is 0 Å². The smallest absolute Gasteiger partial charge is 0.353 e. The van der Waals surface area contributed by atoms with Gasteiger partial charge in [-0.2, -0.15) is 0 Å². The lowest BCUT2D eigenvalue weighted by Crippen LogP contribution is -2.14. The first-order valence-corrected chi connectivity index (χ1v) is 15.7. The van der Waals surface area contributed by atoms with Crippen LogP contribution in [-0.2, 0) is 10.6 Å². The molecule has 0 aliphatic rings. The highest BCUT2D eigenvalue weighted by molar-refractivity contribution is 8.30. The molecule has 0 radical (unpaired) electrons. The summed E-state index contributed by atoms with van der Waals surface area (Å²) in [4.78, 5) is 16.4. The molecule has 0 saturated heterocycles. The number of rotatable bonds is 14. The van der Waals surface area contributed by atoms with E-state index < -0.39 is 16.3 Å². The summed E-state index contributed by atoms with van der Waals surface area (Å²) >= 11 is 0. The number of aromatic hydroxyl groups is 1. The quantitative estimate of drug-likeness (QED) is 0.162. The van der Waals surface area contributed by atoms with Gasteiger partial charge in [0, 0.05) is 14.7 Å². The van der Waals surface area contributed by atoms with E-state index in [4.69, 9.17) is 4.18 Å². The lowest BCUT2D eigenvalue weighted by molar-refractivity contribution is 0.0754. The van der Waals surface area contributed by atoms with E-state index in [1.807, 2.05) is 60.7 Å². The van der Waals surface area contributed by atoms with E-state index in [9.17, 15) is 9.90 Å². The Hall–Kier alpha value is -3.50. The molecule has 1 N–H and O–H groups in total. The molecule has 0 aromatic heterocycles. The summed E-state index contributed by atoms with van der Waals surface area (Å²) < 4.78 is 6.54. The van der Waals surface area contributed by atoms with E-state index in [2.05, 4.69) is 31.2 Å². The summed E-state index contributed by atoms with van der Waals surface area (Å²) in [7, 11) is -2.41. The largest absolute Gasteiger partial charge is 0.507 e. The van der Waals surface area contributed by atoms with Crippen molar-refractivity contribution in [3.8, 4) is 5.75 Å². The third-order valence-electron chi connectivity index (χ3n) is 7.05. The number of hydrogen-bond donors (Lipinski definition) is 1. The second-order valence-corrected chi connectivity index (χ2v) is 12.6. The Labute approximate surface area is 235 Å². The Morgan fingerprint density at radius 3 is 1.67 bits per heavy atom. The van der Waals surface area contributed by atoms with E-state index in [1.54, 1.807) is 18.2 Å². The molecule has 39 heavy (non-hydrogen) atoms. The molecule has 4 aromatic carbocycles. The molecule has 0 heterocycles. The van der Waals surface area contributed by atoms with Crippen molar-refractivity contribution in [3.63, 3.8) is 0 Å². The zero-order valence-electron chi connectivity index (χ0n) is 22.9. The molecule has 3 nitrogen and oxygen atoms in total. The molecule has 0 spiro atoms. The second kappa shape index (κ2) is 14.6. The standard InChI is InChI=1S/C35H40O3S/c1-2-3-4-5-6-7-8-11-18-29-25-27-32(28-26-29)39(30-19-12-9-13-20-30,31-21-14-10-15-22-31)38-35(37)33-23-16-17-24-34(33)36/h9-10,12-17,19-28,36H,2-8,11,18H2,1H3. The highest BCUT2D eigenvalue weighted by atomic mass is 32.3. The van der Waals surface area contributed by atoms with Gasteiger partial charge in [0.2, 0.25) is 0 Å². The average Bonchev–Trinajstić information content (AvgIpc) is 2.99. The summed E-state index contributed by atoms with van der Waals surface area (Å²) in [5, 5.41) is 10.4. The van der Waals surface area contributed by atoms with Crippen molar-refractivity contribution in [2.75, 3.05) is 0 Å². The third-order valence-corrected chi connectivity index (χ3v) is 10.3. The molecule has 0 unspecified atom stereocenters. The van der Waals surface area contributed by atoms with E-state index in [0.717, 1.165) is 21.1 Å². The second-order valence-electron chi connectivity index (χ2n) is 9.94. The van der Waals surface area contributed by atoms with Crippen molar-refractivity contribution < 1.29 is 14.1 Å². The number of hydrogen-bond acceptors (Lipinski definition) is 3. The minimum Gasteiger partial charge on any atom is -0.507 e. The number of para-hydroxylation sites is 1. The van der Waals surface area contributed by atoms with Gasteiger partial charge < -0.3 is 9.29 Å². The van der Waals surface area contributed by atoms with Crippen LogP contribution in [0.15, 0.2) is 124 Å². The van der Waals surface area contributed by atoms with Gasteiger partial charge >= 0.3 is 5.97 Å². The first kappa shape index (κ1) is 28.5. The van der Waals surface area contributed by atoms with Crippen LogP contribution in [0.3, 0.4) is 0 Å². The van der Waals surface area contributed by atoms with Gasteiger partial charge in [-0.3, -0.25) is 0 Å². The van der Waals surface area contributed by atoms with Crippen LogP contribution in [0.25, 0.3) is 0 Å². The zero-order valence-corrected chi connectivity index (χ0v) is 23.7. The van der Waals surface area contributed by atoms with Gasteiger partial charge in [0.25, 0.3) is 0 Å². The van der Waals surface area contributed by atoms with E-state index in [-0.39, 0.29) is 11.3 Å². The lowest BCUT2D eigenvalue weighted by Gasteiger charge is -2.39. The van der Waals surface area contributed by atoms with Crippen LogP contribution in [-0.4, -0.2) is 11.1 Å². The number of carbonyl (C=O) groups excluding carboxylic acids is 1. The van der Waals surface area contributed by atoms with Gasteiger partial charge in [-0.15, -0.1) is 0 Å². The van der Waals surface area contributed by atoms with Gasteiger partial charge in [0.05, 0.1) is 0 Å². The predicted molar refractivity (Wildman–Crippen MR) is 162 cm³/mol. The van der Waals surface area contributed by atoms with E-state index in [0.29, 0.717) is 0 Å². The Balaban J connectivity index is 1.61. The summed E-state index contributed by atoms with van der Waals surface area (Å²) in [5.41, 5.74) is 1.46. The third kappa shape index (κ3) is 7.33. The lowest BCUT2D eigenvalue weighted by atomic mass is 10.0. The number of phenolic OH excluding ortho intramolecular Hbond substituents is 1. The minimum atomic E-state index is -2.41. The molecule has 0 saturated carbocycles. The van der Waals surface area contributed by atoms with Crippen molar-refractivity contribution >= 4 is 16.3 Å².